The highest BCUT2D eigenvalue weighted by molar-refractivity contribution is 6.24. The van der Waals surface area contributed by atoms with Gasteiger partial charge in [-0.05, 0) is 24.1 Å². The van der Waals surface area contributed by atoms with Crippen LogP contribution < -0.4 is 10.6 Å². The fourth-order valence-electron chi connectivity index (χ4n) is 3.15. The molecule has 1 atom stereocenters. The van der Waals surface area contributed by atoms with Crippen molar-refractivity contribution >= 4 is 17.6 Å². The van der Waals surface area contributed by atoms with Crippen molar-refractivity contribution in [3.8, 4) is 11.3 Å². The van der Waals surface area contributed by atoms with Crippen LogP contribution in [-0.2, 0) is 16.0 Å². The molecule has 1 aromatic heterocycles. The normalized spacial score (nSPS) is 15.9. The summed E-state index contributed by atoms with van der Waals surface area (Å²) in [6, 6.07) is 21.6. The average molecular weight is 386 g/mol. The Morgan fingerprint density at radius 1 is 0.966 bits per heavy atom. The number of carbonyl (C=O) groups excluding carboxylic acids is 2. The molecule has 2 heterocycles. The molecule has 0 aliphatic carbocycles. The lowest BCUT2D eigenvalue weighted by molar-refractivity contribution is -0.120. The van der Waals surface area contributed by atoms with Crippen molar-refractivity contribution in [2.45, 2.75) is 12.5 Å². The molecule has 0 saturated carbocycles. The standard InChI is InChI=1S/C22H18N4O3/c27-20-17(13-14-7-3-1-4-8-14)23-21(28)19(20)22(29)24-18-12-11-16(25-26-18)15-9-5-2-6-10-15/h1-12,17,27H,13H2,(H,23,28)(H,24,26,29). The van der Waals surface area contributed by atoms with E-state index in [-0.39, 0.29) is 17.2 Å². The van der Waals surface area contributed by atoms with Crippen molar-refractivity contribution in [2.24, 2.45) is 0 Å². The van der Waals surface area contributed by atoms with Gasteiger partial charge in [-0.3, -0.25) is 9.59 Å². The number of carbonyl (C=O) groups is 2. The maximum Gasteiger partial charge on any atom is 0.265 e. The lowest BCUT2D eigenvalue weighted by Crippen LogP contribution is -2.31. The molecule has 0 fully saturated rings. The van der Waals surface area contributed by atoms with E-state index in [0.717, 1.165) is 11.1 Å². The molecule has 2 aromatic carbocycles. The van der Waals surface area contributed by atoms with E-state index in [1.807, 2.05) is 60.7 Å². The maximum atomic E-state index is 12.5. The highest BCUT2D eigenvalue weighted by Crippen LogP contribution is 2.21. The molecule has 7 nitrogen and oxygen atoms in total. The summed E-state index contributed by atoms with van der Waals surface area (Å²) in [7, 11) is 0. The van der Waals surface area contributed by atoms with Gasteiger partial charge in [0.25, 0.3) is 11.8 Å². The minimum atomic E-state index is -0.725. The van der Waals surface area contributed by atoms with Crippen LogP contribution in [0.15, 0.2) is 84.1 Å². The summed E-state index contributed by atoms with van der Waals surface area (Å²) < 4.78 is 0. The molecule has 0 saturated heterocycles. The molecule has 29 heavy (non-hydrogen) atoms. The summed E-state index contributed by atoms with van der Waals surface area (Å²) in [6.45, 7) is 0. The molecule has 1 aliphatic rings. The number of hydrogen-bond acceptors (Lipinski definition) is 5. The summed E-state index contributed by atoms with van der Waals surface area (Å²) in [6.07, 6.45) is 0.390. The first-order valence-electron chi connectivity index (χ1n) is 9.10. The van der Waals surface area contributed by atoms with Crippen LogP contribution in [0.4, 0.5) is 5.82 Å². The van der Waals surface area contributed by atoms with Crippen molar-refractivity contribution in [3.63, 3.8) is 0 Å². The minimum Gasteiger partial charge on any atom is -0.509 e. The highest BCUT2D eigenvalue weighted by atomic mass is 16.3. The molecule has 1 unspecified atom stereocenters. The highest BCUT2D eigenvalue weighted by Gasteiger charge is 2.36. The Kier molecular flexibility index (Phi) is 5.03. The maximum absolute atomic E-state index is 12.5. The second kappa shape index (κ2) is 7.93. The predicted octanol–water partition coefficient (Wildman–Crippen LogP) is 2.64. The number of hydrogen-bond donors (Lipinski definition) is 3. The summed E-state index contributed by atoms with van der Waals surface area (Å²) >= 11 is 0. The average Bonchev–Trinajstić information content (AvgIpc) is 3.03. The third-order valence-corrected chi connectivity index (χ3v) is 4.60. The molecule has 2 amide bonds. The third kappa shape index (κ3) is 3.98. The van der Waals surface area contributed by atoms with Crippen LogP contribution in [-0.4, -0.2) is 33.2 Å². The van der Waals surface area contributed by atoms with Crippen molar-refractivity contribution in [3.05, 3.63) is 89.7 Å². The molecule has 3 aromatic rings. The smallest absolute Gasteiger partial charge is 0.265 e. The fourth-order valence-corrected chi connectivity index (χ4v) is 3.15. The molecule has 144 valence electrons. The largest absolute Gasteiger partial charge is 0.509 e. The van der Waals surface area contributed by atoms with Gasteiger partial charge in [0.1, 0.15) is 11.3 Å². The van der Waals surface area contributed by atoms with E-state index in [0.29, 0.717) is 12.1 Å². The zero-order valence-corrected chi connectivity index (χ0v) is 15.4. The van der Waals surface area contributed by atoms with Crippen LogP contribution in [0.25, 0.3) is 11.3 Å². The molecule has 0 radical (unpaired) electrons. The Labute approximate surface area is 167 Å². The molecule has 1 aliphatic heterocycles. The first kappa shape index (κ1) is 18.4. The third-order valence-electron chi connectivity index (χ3n) is 4.60. The Balaban J connectivity index is 1.48. The number of nitrogens with one attached hydrogen (secondary N) is 2. The van der Waals surface area contributed by atoms with Crippen molar-refractivity contribution in [2.75, 3.05) is 5.32 Å². The minimum absolute atomic E-state index is 0.189. The number of aliphatic hydroxyl groups is 1. The van der Waals surface area contributed by atoms with E-state index < -0.39 is 17.9 Å². The van der Waals surface area contributed by atoms with Crippen LogP contribution >= 0.6 is 0 Å². The van der Waals surface area contributed by atoms with Crippen molar-refractivity contribution in [1.82, 2.24) is 15.5 Å². The van der Waals surface area contributed by atoms with Gasteiger partial charge in [0.05, 0.1) is 11.7 Å². The summed E-state index contributed by atoms with van der Waals surface area (Å²) in [5.74, 6) is -1.42. The van der Waals surface area contributed by atoms with E-state index in [1.165, 1.54) is 0 Å². The van der Waals surface area contributed by atoms with Crippen LogP contribution in [0.2, 0.25) is 0 Å². The zero-order chi connectivity index (χ0) is 20.2. The Morgan fingerprint density at radius 3 is 2.31 bits per heavy atom. The van der Waals surface area contributed by atoms with Gasteiger partial charge in [-0.15, -0.1) is 10.2 Å². The van der Waals surface area contributed by atoms with Gasteiger partial charge in [0.2, 0.25) is 0 Å². The van der Waals surface area contributed by atoms with Crippen LogP contribution in [0.1, 0.15) is 5.56 Å². The van der Waals surface area contributed by atoms with Gasteiger partial charge < -0.3 is 15.7 Å². The molecule has 7 heteroatoms. The lowest BCUT2D eigenvalue weighted by atomic mass is 10.0. The molecule has 3 N–H and O–H groups in total. The number of aromatic nitrogens is 2. The van der Waals surface area contributed by atoms with Gasteiger partial charge in [0.15, 0.2) is 5.82 Å². The van der Waals surface area contributed by atoms with Gasteiger partial charge >= 0.3 is 0 Å². The van der Waals surface area contributed by atoms with Crippen LogP contribution in [0, 0.1) is 0 Å². The molecular formula is C22H18N4O3. The number of rotatable bonds is 5. The predicted molar refractivity (Wildman–Crippen MR) is 108 cm³/mol. The molecule has 0 spiro atoms. The number of benzene rings is 2. The SMILES string of the molecule is O=C(Nc1ccc(-c2ccccc2)nn1)C1=C(O)C(Cc2ccccc2)NC1=O. The van der Waals surface area contributed by atoms with E-state index in [4.69, 9.17) is 0 Å². The topological polar surface area (TPSA) is 104 Å². The van der Waals surface area contributed by atoms with E-state index in [2.05, 4.69) is 20.8 Å². The first-order chi connectivity index (χ1) is 14.1. The first-order valence-corrected chi connectivity index (χ1v) is 9.10. The van der Waals surface area contributed by atoms with E-state index in [9.17, 15) is 14.7 Å². The van der Waals surface area contributed by atoms with E-state index in [1.54, 1.807) is 12.1 Å². The number of nitrogens with zero attached hydrogens (tertiary/aromatic N) is 2. The summed E-state index contributed by atoms with van der Waals surface area (Å²) in [5, 5.41) is 23.7. The van der Waals surface area contributed by atoms with Gasteiger partial charge in [-0.1, -0.05) is 60.7 Å². The van der Waals surface area contributed by atoms with Crippen LogP contribution in [0.3, 0.4) is 0 Å². The van der Waals surface area contributed by atoms with Crippen LogP contribution in [0.5, 0.6) is 0 Å². The van der Waals surface area contributed by atoms with Gasteiger partial charge in [-0.25, -0.2) is 0 Å². The second-order valence-corrected chi connectivity index (χ2v) is 6.60. The number of amides is 2. The van der Waals surface area contributed by atoms with E-state index >= 15 is 0 Å². The zero-order valence-electron chi connectivity index (χ0n) is 15.4. The molecular weight excluding hydrogens is 368 g/mol. The molecule has 4 rings (SSSR count). The lowest BCUT2D eigenvalue weighted by Gasteiger charge is -2.10. The summed E-state index contributed by atoms with van der Waals surface area (Å²) in [5.41, 5.74) is 2.19. The number of anilines is 1. The quantitative estimate of drug-likeness (QED) is 0.585. The van der Waals surface area contributed by atoms with Crippen molar-refractivity contribution in [1.29, 1.82) is 0 Å². The Morgan fingerprint density at radius 2 is 1.66 bits per heavy atom. The van der Waals surface area contributed by atoms with Gasteiger partial charge in [0, 0.05) is 5.56 Å². The molecule has 0 bridgehead atoms. The fraction of sp³-hybridized carbons (Fsp3) is 0.0909. The Hall–Kier alpha value is -4.00. The summed E-state index contributed by atoms with van der Waals surface area (Å²) in [4.78, 5) is 24.8. The Bertz CT molecular complexity index is 1060. The monoisotopic (exact) mass is 386 g/mol. The second-order valence-electron chi connectivity index (χ2n) is 6.60. The number of aliphatic hydroxyl groups excluding tert-OH is 1. The van der Waals surface area contributed by atoms with Crippen molar-refractivity contribution < 1.29 is 14.7 Å². The van der Waals surface area contributed by atoms with Gasteiger partial charge in [-0.2, -0.15) is 0 Å².